The molecule has 6 nitrogen and oxygen atoms in total. The smallest absolute Gasteiger partial charge is 0.272 e. The Balaban J connectivity index is 1.52. The maximum absolute atomic E-state index is 12.6. The molecule has 2 aromatic rings. The van der Waals surface area contributed by atoms with E-state index >= 15 is 0 Å². The summed E-state index contributed by atoms with van der Waals surface area (Å²) in [4.78, 5) is 41.4. The SMILES string of the molecule is Cc1c(C(=O)Nc2ccc(N3CCCC3=O)cc2)[nH]c2c1C(=O)CCC2. The Bertz CT molecular complexity index is 896. The van der Waals surface area contributed by atoms with E-state index in [2.05, 4.69) is 10.3 Å². The molecule has 2 heterocycles. The van der Waals surface area contributed by atoms with Gasteiger partial charge in [-0.2, -0.15) is 0 Å². The first-order valence-electron chi connectivity index (χ1n) is 9.01. The molecule has 1 aliphatic heterocycles. The van der Waals surface area contributed by atoms with E-state index in [9.17, 15) is 14.4 Å². The van der Waals surface area contributed by atoms with E-state index in [4.69, 9.17) is 0 Å². The Morgan fingerprint density at radius 2 is 1.85 bits per heavy atom. The van der Waals surface area contributed by atoms with Gasteiger partial charge in [0.15, 0.2) is 5.78 Å². The molecule has 1 aromatic heterocycles. The van der Waals surface area contributed by atoms with Crippen LogP contribution in [-0.4, -0.2) is 29.1 Å². The number of hydrogen-bond acceptors (Lipinski definition) is 3. The van der Waals surface area contributed by atoms with Crippen LogP contribution in [0.1, 0.15) is 57.8 Å². The van der Waals surface area contributed by atoms with Gasteiger partial charge in [-0.3, -0.25) is 14.4 Å². The molecule has 26 heavy (non-hydrogen) atoms. The van der Waals surface area contributed by atoms with Crippen LogP contribution >= 0.6 is 0 Å². The number of benzene rings is 1. The van der Waals surface area contributed by atoms with Gasteiger partial charge in [-0.05, 0) is 56.0 Å². The number of Topliss-reactive ketones (excluding diaryl/α,β-unsaturated/α-hetero) is 1. The lowest BCUT2D eigenvalue weighted by Gasteiger charge is -2.16. The summed E-state index contributed by atoms with van der Waals surface area (Å²) in [5.41, 5.74) is 4.23. The lowest BCUT2D eigenvalue weighted by Crippen LogP contribution is -2.23. The number of H-pyrrole nitrogens is 1. The van der Waals surface area contributed by atoms with Crippen molar-refractivity contribution in [1.29, 1.82) is 0 Å². The van der Waals surface area contributed by atoms with Gasteiger partial charge in [-0.15, -0.1) is 0 Å². The summed E-state index contributed by atoms with van der Waals surface area (Å²) in [6.07, 6.45) is 3.64. The highest BCUT2D eigenvalue weighted by molar-refractivity contribution is 6.08. The third-order valence-corrected chi connectivity index (χ3v) is 5.17. The molecule has 6 heteroatoms. The van der Waals surface area contributed by atoms with E-state index in [0.717, 1.165) is 42.8 Å². The third kappa shape index (κ3) is 2.81. The number of aromatic amines is 1. The number of amides is 2. The summed E-state index contributed by atoms with van der Waals surface area (Å²) < 4.78 is 0. The first-order valence-corrected chi connectivity index (χ1v) is 9.01. The largest absolute Gasteiger partial charge is 0.354 e. The van der Waals surface area contributed by atoms with Crippen molar-refractivity contribution in [3.05, 3.63) is 46.8 Å². The molecule has 1 aromatic carbocycles. The molecule has 1 aliphatic carbocycles. The topological polar surface area (TPSA) is 82.3 Å². The van der Waals surface area contributed by atoms with Gasteiger partial charge >= 0.3 is 0 Å². The van der Waals surface area contributed by atoms with Crippen LogP contribution in [-0.2, 0) is 11.2 Å². The van der Waals surface area contributed by atoms with Crippen LogP contribution in [0, 0.1) is 6.92 Å². The molecule has 0 radical (unpaired) electrons. The number of ketones is 1. The number of carbonyl (C=O) groups excluding carboxylic acids is 3. The van der Waals surface area contributed by atoms with E-state index in [1.807, 2.05) is 19.1 Å². The first-order chi connectivity index (χ1) is 12.5. The van der Waals surface area contributed by atoms with Crippen molar-refractivity contribution in [2.45, 2.75) is 39.0 Å². The minimum Gasteiger partial charge on any atom is -0.354 e. The highest BCUT2D eigenvalue weighted by atomic mass is 16.2. The molecule has 0 unspecified atom stereocenters. The molecule has 2 aliphatic rings. The van der Waals surface area contributed by atoms with Crippen molar-refractivity contribution in [1.82, 2.24) is 4.98 Å². The molecule has 2 N–H and O–H groups in total. The van der Waals surface area contributed by atoms with Crippen molar-refractivity contribution in [2.24, 2.45) is 0 Å². The second kappa shape index (κ2) is 6.44. The fraction of sp³-hybridized carbons (Fsp3) is 0.350. The van der Waals surface area contributed by atoms with Crippen LogP contribution in [0.3, 0.4) is 0 Å². The molecule has 0 atom stereocenters. The first kappa shape index (κ1) is 16.6. The number of fused-ring (bicyclic) bond motifs is 1. The number of anilines is 2. The molecule has 4 rings (SSSR count). The van der Waals surface area contributed by atoms with Gasteiger partial charge in [-0.1, -0.05) is 0 Å². The maximum Gasteiger partial charge on any atom is 0.272 e. The highest BCUT2D eigenvalue weighted by Gasteiger charge is 2.26. The van der Waals surface area contributed by atoms with Crippen molar-refractivity contribution in [3.63, 3.8) is 0 Å². The summed E-state index contributed by atoms with van der Waals surface area (Å²) in [5.74, 6) is -0.00701. The molecule has 1 saturated heterocycles. The molecule has 2 amide bonds. The molecular formula is C20H21N3O3. The molecular weight excluding hydrogens is 330 g/mol. The summed E-state index contributed by atoms with van der Waals surface area (Å²) >= 11 is 0. The average Bonchev–Trinajstić information content (AvgIpc) is 3.20. The van der Waals surface area contributed by atoms with E-state index in [-0.39, 0.29) is 17.6 Å². The molecule has 0 saturated carbocycles. The average molecular weight is 351 g/mol. The third-order valence-electron chi connectivity index (χ3n) is 5.17. The van der Waals surface area contributed by atoms with Crippen LogP contribution in [0.15, 0.2) is 24.3 Å². The number of carbonyl (C=O) groups is 3. The zero-order valence-corrected chi connectivity index (χ0v) is 14.7. The Kier molecular flexibility index (Phi) is 4.11. The van der Waals surface area contributed by atoms with Crippen molar-refractivity contribution in [3.8, 4) is 0 Å². The molecule has 134 valence electrons. The number of rotatable bonds is 3. The Morgan fingerprint density at radius 1 is 1.08 bits per heavy atom. The molecule has 0 bridgehead atoms. The van der Waals surface area contributed by atoms with Crippen molar-refractivity contribution >= 4 is 29.0 Å². The zero-order valence-electron chi connectivity index (χ0n) is 14.7. The van der Waals surface area contributed by atoms with Crippen LogP contribution in [0.2, 0.25) is 0 Å². The molecule has 0 spiro atoms. The van der Waals surface area contributed by atoms with Gasteiger partial charge in [0.25, 0.3) is 5.91 Å². The van der Waals surface area contributed by atoms with Crippen molar-refractivity contribution in [2.75, 3.05) is 16.8 Å². The van der Waals surface area contributed by atoms with Crippen LogP contribution in [0.5, 0.6) is 0 Å². The van der Waals surface area contributed by atoms with Crippen molar-refractivity contribution < 1.29 is 14.4 Å². The van der Waals surface area contributed by atoms with Gasteiger partial charge in [0.2, 0.25) is 5.91 Å². The number of nitrogens with zero attached hydrogens (tertiary/aromatic N) is 1. The fourth-order valence-electron chi connectivity index (χ4n) is 3.84. The summed E-state index contributed by atoms with van der Waals surface area (Å²) in [6, 6.07) is 7.27. The number of aromatic nitrogens is 1. The van der Waals surface area contributed by atoms with Gasteiger partial charge in [0.05, 0.1) is 0 Å². The van der Waals surface area contributed by atoms with Crippen LogP contribution in [0.25, 0.3) is 0 Å². The quantitative estimate of drug-likeness (QED) is 0.891. The fourth-order valence-corrected chi connectivity index (χ4v) is 3.84. The second-order valence-corrected chi connectivity index (χ2v) is 6.91. The number of aryl methyl sites for hydroxylation is 1. The predicted octanol–water partition coefficient (Wildman–Crippen LogP) is 3.22. The van der Waals surface area contributed by atoms with E-state index in [1.54, 1.807) is 17.0 Å². The van der Waals surface area contributed by atoms with E-state index < -0.39 is 0 Å². The minimum atomic E-state index is -0.255. The number of nitrogens with one attached hydrogen (secondary N) is 2. The highest BCUT2D eigenvalue weighted by Crippen LogP contribution is 2.27. The number of hydrogen-bond donors (Lipinski definition) is 2. The standard InChI is InChI=1S/C20H21N3O3/c1-12-18-15(4-2-5-16(18)24)22-19(12)20(26)21-13-7-9-14(10-8-13)23-11-3-6-17(23)25/h7-10,22H,2-6,11H2,1H3,(H,21,26). The second-order valence-electron chi connectivity index (χ2n) is 6.91. The van der Waals surface area contributed by atoms with Gasteiger partial charge in [-0.25, -0.2) is 0 Å². The molecule has 1 fully saturated rings. The summed E-state index contributed by atoms with van der Waals surface area (Å²) in [7, 11) is 0. The van der Waals surface area contributed by atoms with Gasteiger partial charge in [0.1, 0.15) is 5.69 Å². The summed E-state index contributed by atoms with van der Waals surface area (Å²) in [5, 5.41) is 2.87. The summed E-state index contributed by atoms with van der Waals surface area (Å²) in [6.45, 7) is 2.56. The Hall–Kier alpha value is -2.89. The Morgan fingerprint density at radius 3 is 2.50 bits per heavy atom. The van der Waals surface area contributed by atoms with E-state index in [1.165, 1.54) is 0 Å². The van der Waals surface area contributed by atoms with E-state index in [0.29, 0.717) is 29.8 Å². The Labute approximate surface area is 151 Å². The van der Waals surface area contributed by atoms with Gasteiger partial charge < -0.3 is 15.2 Å². The minimum absolute atomic E-state index is 0.110. The van der Waals surface area contributed by atoms with Crippen LogP contribution in [0.4, 0.5) is 11.4 Å². The predicted molar refractivity (Wildman–Crippen MR) is 98.8 cm³/mol. The lowest BCUT2D eigenvalue weighted by atomic mass is 9.94. The monoisotopic (exact) mass is 351 g/mol. The normalized spacial score (nSPS) is 16.7. The lowest BCUT2D eigenvalue weighted by molar-refractivity contribution is -0.117. The zero-order chi connectivity index (χ0) is 18.3. The maximum atomic E-state index is 12.6. The van der Waals surface area contributed by atoms with Gasteiger partial charge in [0, 0.05) is 42.0 Å². The van der Waals surface area contributed by atoms with Crippen LogP contribution < -0.4 is 10.2 Å².